The summed E-state index contributed by atoms with van der Waals surface area (Å²) >= 11 is 0. The number of amides is 2. The molecule has 0 spiro atoms. The van der Waals surface area contributed by atoms with Crippen molar-refractivity contribution in [3.8, 4) is 0 Å². The van der Waals surface area contributed by atoms with Crippen molar-refractivity contribution in [2.24, 2.45) is 11.8 Å². The van der Waals surface area contributed by atoms with Crippen LogP contribution in [0.1, 0.15) is 43.4 Å². The molecule has 0 bridgehead atoms. The van der Waals surface area contributed by atoms with Crippen LogP contribution in [0.25, 0.3) is 0 Å². The maximum atomic E-state index is 13.2. The van der Waals surface area contributed by atoms with Gasteiger partial charge in [0.1, 0.15) is 6.10 Å². The Labute approximate surface area is 206 Å². The summed E-state index contributed by atoms with van der Waals surface area (Å²) in [5, 5.41) is 14.8. The minimum Gasteiger partial charge on any atom is -0.455 e. The van der Waals surface area contributed by atoms with E-state index >= 15 is 0 Å². The second-order valence-electron chi connectivity index (χ2n) is 8.96. The van der Waals surface area contributed by atoms with Gasteiger partial charge in [-0.15, -0.1) is 0 Å². The Kier molecular flexibility index (Phi) is 10.0. The van der Waals surface area contributed by atoms with Crippen molar-refractivity contribution in [2.45, 2.75) is 44.8 Å². The van der Waals surface area contributed by atoms with Gasteiger partial charge in [-0.3, -0.25) is 14.4 Å². The molecule has 0 saturated heterocycles. The summed E-state index contributed by atoms with van der Waals surface area (Å²) in [7, 11) is 0. The zero-order valence-electron chi connectivity index (χ0n) is 20.1. The number of carbonyl (C=O) groups is 3. The zero-order chi connectivity index (χ0) is 25.0. The monoisotopic (exact) mass is 478 g/mol. The van der Waals surface area contributed by atoms with Crippen molar-refractivity contribution in [2.75, 3.05) is 13.2 Å². The van der Waals surface area contributed by atoms with Gasteiger partial charge < -0.3 is 20.5 Å². The molecule has 1 heterocycles. The first-order valence-electron chi connectivity index (χ1n) is 12.1. The molecule has 2 amide bonds. The smallest absolute Gasteiger partial charge is 0.310 e. The molecule has 4 atom stereocenters. The van der Waals surface area contributed by atoms with E-state index < -0.39 is 12.0 Å². The molecule has 0 radical (unpaired) electrons. The fourth-order valence-electron chi connectivity index (χ4n) is 4.04. The molecule has 7 nitrogen and oxygen atoms in total. The van der Waals surface area contributed by atoms with Crippen molar-refractivity contribution in [1.29, 1.82) is 0 Å². The lowest BCUT2D eigenvalue weighted by atomic mass is 9.94. The van der Waals surface area contributed by atoms with Crippen molar-refractivity contribution < 1.29 is 24.2 Å². The first-order chi connectivity index (χ1) is 17.0. The number of carbonyl (C=O) groups excluding carboxylic acids is 3. The zero-order valence-corrected chi connectivity index (χ0v) is 20.1. The van der Waals surface area contributed by atoms with Crippen LogP contribution in [0.5, 0.6) is 0 Å². The van der Waals surface area contributed by atoms with Crippen LogP contribution in [-0.2, 0) is 25.5 Å². The third-order valence-corrected chi connectivity index (χ3v) is 6.04. The normalized spacial score (nSPS) is 22.2. The van der Waals surface area contributed by atoms with E-state index in [4.69, 9.17) is 4.74 Å². The summed E-state index contributed by atoms with van der Waals surface area (Å²) in [5.74, 6) is -1.82. The molecule has 0 fully saturated rings. The highest BCUT2D eigenvalue weighted by Gasteiger charge is 2.27. The van der Waals surface area contributed by atoms with Gasteiger partial charge in [0.2, 0.25) is 11.8 Å². The predicted molar refractivity (Wildman–Crippen MR) is 133 cm³/mol. The summed E-state index contributed by atoms with van der Waals surface area (Å²) in [4.78, 5) is 38.6. The Hall–Kier alpha value is -3.45. The number of aliphatic hydroxyl groups is 1. The molecule has 0 saturated carbocycles. The lowest BCUT2D eigenvalue weighted by Crippen LogP contribution is -2.40. The predicted octanol–water partition coefficient (Wildman–Crippen LogP) is 3.10. The number of benzene rings is 2. The van der Waals surface area contributed by atoms with Gasteiger partial charge in [-0.2, -0.15) is 0 Å². The van der Waals surface area contributed by atoms with E-state index in [1.807, 2.05) is 72.8 Å². The van der Waals surface area contributed by atoms with Crippen molar-refractivity contribution >= 4 is 17.8 Å². The van der Waals surface area contributed by atoms with Gasteiger partial charge in [0.15, 0.2) is 0 Å². The minimum atomic E-state index is -0.641. The van der Waals surface area contributed by atoms with E-state index in [1.54, 1.807) is 6.92 Å². The van der Waals surface area contributed by atoms with Gasteiger partial charge in [-0.05, 0) is 37.3 Å². The molecule has 186 valence electrons. The van der Waals surface area contributed by atoms with E-state index in [0.29, 0.717) is 19.3 Å². The number of hydrogen-bond donors (Lipinski definition) is 3. The molecule has 1 aliphatic heterocycles. The van der Waals surface area contributed by atoms with Crippen LogP contribution in [0, 0.1) is 11.8 Å². The first-order valence-corrected chi connectivity index (χ1v) is 12.1. The fourth-order valence-corrected chi connectivity index (χ4v) is 4.04. The second kappa shape index (κ2) is 13.4. The summed E-state index contributed by atoms with van der Waals surface area (Å²) in [6, 6.07) is 18.8. The molecule has 35 heavy (non-hydrogen) atoms. The average molecular weight is 479 g/mol. The third-order valence-electron chi connectivity index (χ3n) is 6.04. The summed E-state index contributed by atoms with van der Waals surface area (Å²) in [6.07, 6.45) is 4.50. The first kappa shape index (κ1) is 26.2. The maximum Gasteiger partial charge on any atom is 0.310 e. The molecule has 0 unspecified atom stereocenters. The number of cyclic esters (lactones) is 1. The van der Waals surface area contributed by atoms with E-state index in [0.717, 1.165) is 11.1 Å². The quantitative estimate of drug-likeness (QED) is 0.419. The highest BCUT2D eigenvalue weighted by Crippen LogP contribution is 2.23. The summed E-state index contributed by atoms with van der Waals surface area (Å²) < 4.78 is 5.93. The van der Waals surface area contributed by atoms with Crippen LogP contribution in [0.2, 0.25) is 0 Å². The summed E-state index contributed by atoms with van der Waals surface area (Å²) in [5.41, 5.74) is 1.84. The second-order valence-corrected chi connectivity index (χ2v) is 8.96. The van der Waals surface area contributed by atoms with E-state index in [2.05, 4.69) is 10.6 Å². The van der Waals surface area contributed by atoms with Crippen LogP contribution < -0.4 is 10.6 Å². The fraction of sp³-hybridized carbons (Fsp3) is 0.393. The summed E-state index contributed by atoms with van der Waals surface area (Å²) in [6.45, 7) is 1.64. The van der Waals surface area contributed by atoms with E-state index in [1.165, 1.54) is 0 Å². The minimum absolute atomic E-state index is 0.00372. The van der Waals surface area contributed by atoms with Crippen molar-refractivity contribution in [1.82, 2.24) is 10.6 Å². The largest absolute Gasteiger partial charge is 0.455 e. The molecule has 3 rings (SSSR count). The van der Waals surface area contributed by atoms with E-state index in [-0.39, 0.29) is 49.3 Å². The highest BCUT2D eigenvalue weighted by molar-refractivity contribution is 5.86. The number of allylic oxidation sites excluding steroid dienone is 2. The molecule has 0 aliphatic carbocycles. The molecule has 0 aromatic heterocycles. The Morgan fingerprint density at radius 2 is 1.66 bits per heavy atom. The number of rotatable bonds is 7. The standard InChI is InChI=1S/C28H34N2O5/c1-20(19-31)30-26(32)17-23-14-8-9-15-24(16-21-10-4-2-5-11-21)28(34)35-25(18-29-27(23)33)22-12-6-3-7-13-22/h2-13,20,23-25,31H,14-19H2,1H3,(H,29,33)(H,30,32)/t20-,23+,24+,25-/m0/s1. The SMILES string of the molecule is C[C@@H](CO)NC(=O)C[C@H]1CC=CC[C@H](Cc2ccccc2)C(=O)O[C@H](c2ccccc2)CNC1=O. The highest BCUT2D eigenvalue weighted by atomic mass is 16.5. The Balaban J connectivity index is 1.81. The molecule has 7 heteroatoms. The number of nitrogens with one attached hydrogen (secondary N) is 2. The molecule has 1 aliphatic rings. The molecule has 2 aromatic rings. The maximum absolute atomic E-state index is 13.2. The van der Waals surface area contributed by atoms with E-state index in [9.17, 15) is 19.5 Å². The Bertz CT molecular complexity index is 993. The average Bonchev–Trinajstić information content (AvgIpc) is 2.87. The van der Waals surface area contributed by atoms with Gasteiger partial charge >= 0.3 is 5.97 Å². The van der Waals surface area contributed by atoms with Crippen LogP contribution in [-0.4, -0.2) is 42.1 Å². The van der Waals surface area contributed by atoms with Gasteiger partial charge in [-0.25, -0.2) is 0 Å². The van der Waals surface area contributed by atoms with Crippen LogP contribution in [0.4, 0.5) is 0 Å². The molecule has 3 N–H and O–H groups in total. The molecular weight excluding hydrogens is 444 g/mol. The third kappa shape index (κ3) is 8.37. The van der Waals surface area contributed by atoms with Crippen LogP contribution in [0.3, 0.4) is 0 Å². The lowest BCUT2D eigenvalue weighted by Gasteiger charge is -2.24. The number of aliphatic hydroxyl groups excluding tert-OH is 1. The number of ether oxygens (including phenoxy) is 1. The molecule has 2 aromatic carbocycles. The Morgan fingerprint density at radius 1 is 1.03 bits per heavy atom. The van der Waals surface area contributed by atoms with Crippen molar-refractivity contribution in [3.63, 3.8) is 0 Å². The van der Waals surface area contributed by atoms with Crippen molar-refractivity contribution in [3.05, 3.63) is 83.9 Å². The number of hydrogen-bond acceptors (Lipinski definition) is 5. The van der Waals surface area contributed by atoms with Gasteiger partial charge in [0.25, 0.3) is 0 Å². The van der Waals surface area contributed by atoms with Gasteiger partial charge in [0.05, 0.1) is 25.0 Å². The Morgan fingerprint density at radius 3 is 2.31 bits per heavy atom. The lowest BCUT2D eigenvalue weighted by molar-refractivity contribution is -0.154. The van der Waals surface area contributed by atoms with Crippen LogP contribution in [0.15, 0.2) is 72.8 Å². The van der Waals surface area contributed by atoms with Crippen LogP contribution >= 0.6 is 0 Å². The number of esters is 1. The molecular formula is C28H34N2O5. The topological polar surface area (TPSA) is 105 Å². The van der Waals surface area contributed by atoms with Gasteiger partial charge in [0, 0.05) is 12.5 Å². The van der Waals surface area contributed by atoms with Gasteiger partial charge in [-0.1, -0.05) is 72.8 Å².